The van der Waals surface area contributed by atoms with E-state index in [0.717, 1.165) is 22.7 Å². The summed E-state index contributed by atoms with van der Waals surface area (Å²) in [5.41, 5.74) is 3.10. The van der Waals surface area contributed by atoms with Gasteiger partial charge in [-0.2, -0.15) is 0 Å². The number of rotatable bonds is 2. The van der Waals surface area contributed by atoms with Gasteiger partial charge < -0.3 is 9.73 Å². The molecule has 27 heavy (non-hydrogen) atoms. The van der Waals surface area contributed by atoms with Crippen LogP contribution < -0.4 is 10.9 Å². The fourth-order valence-corrected chi connectivity index (χ4v) is 4.18. The van der Waals surface area contributed by atoms with Crippen LogP contribution in [0, 0.1) is 0 Å². The molecule has 5 rings (SSSR count). The Hall–Kier alpha value is -2.92. The topological polar surface area (TPSA) is 59.3 Å². The highest BCUT2D eigenvalue weighted by Gasteiger charge is 2.19. The largest absolute Gasteiger partial charge is 0.422 e. The van der Waals surface area contributed by atoms with E-state index >= 15 is 0 Å². The first-order valence-corrected chi connectivity index (χ1v) is 9.48. The van der Waals surface area contributed by atoms with Crippen molar-refractivity contribution in [1.82, 2.24) is 0 Å². The molecule has 0 atom stereocenters. The fourth-order valence-electron chi connectivity index (χ4n) is 3.80. The first-order chi connectivity index (χ1) is 13.1. The molecule has 1 N–H and O–H groups in total. The molecule has 4 nitrogen and oxygen atoms in total. The third kappa shape index (κ3) is 2.66. The number of hydrogen-bond acceptors (Lipinski definition) is 3. The summed E-state index contributed by atoms with van der Waals surface area (Å²) in [7, 11) is 0. The van der Waals surface area contributed by atoms with Crippen molar-refractivity contribution in [3.05, 3.63) is 86.2 Å². The monoisotopic (exact) mass is 419 g/mol. The number of hydrogen-bond donors (Lipinski definition) is 1. The van der Waals surface area contributed by atoms with Crippen molar-refractivity contribution in [3.63, 3.8) is 0 Å². The van der Waals surface area contributed by atoms with Gasteiger partial charge in [-0.25, -0.2) is 4.79 Å². The van der Waals surface area contributed by atoms with Crippen LogP contribution in [0.25, 0.3) is 21.7 Å². The molecular weight excluding hydrogens is 406 g/mol. The number of aryl methyl sites for hydroxylation is 2. The third-order valence-corrected chi connectivity index (χ3v) is 5.56. The molecule has 1 heterocycles. The van der Waals surface area contributed by atoms with E-state index in [1.54, 1.807) is 18.2 Å². The zero-order chi connectivity index (χ0) is 18.5. The van der Waals surface area contributed by atoms with Crippen LogP contribution in [-0.4, -0.2) is 5.91 Å². The predicted molar refractivity (Wildman–Crippen MR) is 109 cm³/mol. The van der Waals surface area contributed by atoms with Crippen LogP contribution in [0.1, 0.15) is 21.5 Å². The number of benzene rings is 3. The summed E-state index contributed by atoms with van der Waals surface area (Å²) in [4.78, 5) is 25.1. The molecular formula is C22H14BrNO3. The number of halogens is 1. The van der Waals surface area contributed by atoms with E-state index in [9.17, 15) is 9.59 Å². The van der Waals surface area contributed by atoms with Crippen molar-refractivity contribution >= 4 is 49.3 Å². The smallest absolute Gasteiger partial charge is 0.349 e. The second-order valence-electron chi connectivity index (χ2n) is 6.70. The Bertz CT molecular complexity index is 1300. The Balaban J connectivity index is 1.59. The summed E-state index contributed by atoms with van der Waals surface area (Å²) < 4.78 is 6.15. The molecule has 132 valence electrons. The Morgan fingerprint density at radius 1 is 1.00 bits per heavy atom. The van der Waals surface area contributed by atoms with Crippen molar-refractivity contribution < 1.29 is 9.21 Å². The van der Waals surface area contributed by atoms with Crippen molar-refractivity contribution in [3.8, 4) is 0 Å². The molecule has 0 aliphatic heterocycles. The van der Waals surface area contributed by atoms with Crippen LogP contribution in [0.4, 0.5) is 5.69 Å². The van der Waals surface area contributed by atoms with Gasteiger partial charge in [0.25, 0.3) is 5.91 Å². The van der Waals surface area contributed by atoms with Crippen molar-refractivity contribution in [2.24, 2.45) is 0 Å². The lowest BCUT2D eigenvalue weighted by atomic mass is 10.0. The number of anilines is 1. The van der Waals surface area contributed by atoms with Crippen LogP contribution in [0.15, 0.2) is 68.3 Å². The standard InChI is InChI=1S/C22H14BrNO3/c23-15-7-9-19-14(10-15)11-17(22(26)27-19)21(25)24-18-8-6-13-5-4-12-2-1-3-16(18)20(12)13/h1-3,6-11H,4-5H2,(H,24,25). The zero-order valence-electron chi connectivity index (χ0n) is 14.2. The summed E-state index contributed by atoms with van der Waals surface area (Å²) in [6, 6.07) is 17.0. The van der Waals surface area contributed by atoms with E-state index in [4.69, 9.17) is 4.42 Å². The predicted octanol–water partition coefficient (Wildman–Crippen LogP) is 5.06. The molecule has 1 aliphatic rings. The molecule has 1 aromatic heterocycles. The van der Waals surface area contributed by atoms with E-state index in [2.05, 4.69) is 33.4 Å². The quantitative estimate of drug-likeness (QED) is 0.462. The minimum absolute atomic E-state index is 0.0103. The molecule has 4 aromatic rings. The molecule has 1 amide bonds. The molecule has 3 aromatic carbocycles. The molecule has 1 aliphatic carbocycles. The summed E-state index contributed by atoms with van der Waals surface area (Å²) >= 11 is 3.39. The second kappa shape index (κ2) is 6.06. The Morgan fingerprint density at radius 3 is 2.67 bits per heavy atom. The lowest BCUT2D eigenvalue weighted by molar-refractivity contribution is 0.102. The van der Waals surface area contributed by atoms with Crippen LogP contribution in [-0.2, 0) is 12.8 Å². The number of carbonyl (C=O) groups is 1. The van der Waals surface area contributed by atoms with Crippen molar-refractivity contribution in [2.45, 2.75) is 12.8 Å². The molecule has 0 saturated carbocycles. The number of carbonyl (C=O) groups excluding carboxylic acids is 1. The Kier molecular flexibility index (Phi) is 3.65. The van der Waals surface area contributed by atoms with E-state index in [1.165, 1.54) is 16.5 Å². The zero-order valence-corrected chi connectivity index (χ0v) is 15.8. The molecule has 0 bridgehead atoms. The van der Waals surface area contributed by atoms with Gasteiger partial charge in [0, 0.05) is 20.9 Å². The maximum atomic E-state index is 12.8. The third-order valence-electron chi connectivity index (χ3n) is 5.06. The summed E-state index contributed by atoms with van der Waals surface area (Å²) in [5, 5.41) is 5.80. The summed E-state index contributed by atoms with van der Waals surface area (Å²) in [5.74, 6) is -0.468. The number of fused-ring (bicyclic) bond motifs is 1. The van der Waals surface area contributed by atoms with Gasteiger partial charge in [0.1, 0.15) is 11.1 Å². The maximum absolute atomic E-state index is 12.8. The van der Waals surface area contributed by atoms with Crippen LogP contribution in [0.3, 0.4) is 0 Å². The van der Waals surface area contributed by atoms with Gasteiger partial charge in [-0.15, -0.1) is 0 Å². The average molecular weight is 420 g/mol. The normalized spacial score (nSPS) is 12.6. The highest BCUT2D eigenvalue weighted by molar-refractivity contribution is 9.10. The van der Waals surface area contributed by atoms with E-state index in [-0.39, 0.29) is 5.56 Å². The molecule has 0 spiro atoms. The second-order valence-corrected chi connectivity index (χ2v) is 7.61. The van der Waals surface area contributed by atoms with Gasteiger partial charge in [0.05, 0.1) is 0 Å². The van der Waals surface area contributed by atoms with Gasteiger partial charge in [-0.05, 0) is 59.7 Å². The highest BCUT2D eigenvalue weighted by Crippen LogP contribution is 2.35. The van der Waals surface area contributed by atoms with Crippen molar-refractivity contribution in [1.29, 1.82) is 0 Å². The van der Waals surface area contributed by atoms with Gasteiger partial charge in [-0.3, -0.25) is 4.79 Å². The molecule has 0 unspecified atom stereocenters. The average Bonchev–Trinajstić information content (AvgIpc) is 3.08. The summed E-state index contributed by atoms with van der Waals surface area (Å²) in [6.45, 7) is 0. The van der Waals surface area contributed by atoms with Gasteiger partial charge in [0.15, 0.2) is 0 Å². The Labute approximate surface area is 162 Å². The lowest BCUT2D eigenvalue weighted by Gasteiger charge is -2.10. The van der Waals surface area contributed by atoms with Gasteiger partial charge >= 0.3 is 5.63 Å². The molecule has 0 saturated heterocycles. The van der Waals surface area contributed by atoms with Gasteiger partial charge in [-0.1, -0.05) is 40.2 Å². The van der Waals surface area contributed by atoms with E-state index < -0.39 is 11.5 Å². The summed E-state index contributed by atoms with van der Waals surface area (Å²) in [6.07, 6.45) is 2.04. The SMILES string of the molecule is O=C(Nc1ccc2c3c(cccc13)CC2)c1cc2cc(Br)ccc2oc1=O. The Morgan fingerprint density at radius 2 is 1.81 bits per heavy atom. The minimum atomic E-state index is -0.645. The lowest BCUT2D eigenvalue weighted by Crippen LogP contribution is -2.20. The number of amides is 1. The first-order valence-electron chi connectivity index (χ1n) is 8.68. The van der Waals surface area contributed by atoms with E-state index in [0.29, 0.717) is 16.7 Å². The highest BCUT2D eigenvalue weighted by atomic mass is 79.9. The number of nitrogens with one attached hydrogen (secondary N) is 1. The minimum Gasteiger partial charge on any atom is -0.422 e. The fraction of sp³-hybridized carbons (Fsp3) is 0.0909. The first kappa shape index (κ1) is 16.3. The van der Waals surface area contributed by atoms with Crippen LogP contribution in [0.2, 0.25) is 0 Å². The van der Waals surface area contributed by atoms with Crippen LogP contribution in [0.5, 0.6) is 0 Å². The maximum Gasteiger partial charge on any atom is 0.349 e. The molecule has 0 fully saturated rings. The van der Waals surface area contributed by atoms with Crippen molar-refractivity contribution in [2.75, 3.05) is 5.32 Å². The molecule has 0 radical (unpaired) electrons. The molecule has 5 heteroatoms. The van der Waals surface area contributed by atoms with E-state index in [1.807, 2.05) is 24.3 Å². The van der Waals surface area contributed by atoms with Crippen LogP contribution >= 0.6 is 15.9 Å². The van der Waals surface area contributed by atoms with Gasteiger partial charge in [0.2, 0.25) is 0 Å².